The minimum absolute atomic E-state index is 0.0445. The zero-order valence-electron chi connectivity index (χ0n) is 18.0. The standard InChI is InChI=1S/C23H26ClN5O3/c1-14-16(22(31)27-23(25-14)28-8-10-32-11-9-28)3-5-21(30)29-7-6-20-18(13-29)17-12-15(24)2-4-19(17)26-20/h2,4,12,26H,3,5-11,13H2,1H3,(H,25,27,31). The minimum atomic E-state index is -0.168. The normalized spacial score (nSPS) is 16.4. The van der Waals surface area contributed by atoms with Crippen LogP contribution in [0.15, 0.2) is 23.0 Å². The van der Waals surface area contributed by atoms with Gasteiger partial charge in [-0.2, -0.15) is 0 Å². The fourth-order valence-corrected chi connectivity index (χ4v) is 4.78. The monoisotopic (exact) mass is 455 g/mol. The number of carbonyl (C=O) groups excluding carboxylic acids is 1. The number of ether oxygens (including phenoxy) is 1. The number of nitrogens with zero attached hydrogens (tertiary/aromatic N) is 3. The molecule has 32 heavy (non-hydrogen) atoms. The SMILES string of the molecule is Cc1nc(N2CCOCC2)[nH]c(=O)c1CCC(=O)N1CCc2[nH]c3ccc(Cl)cc3c2C1. The van der Waals surface area contributed by atoms with Crippen LogP contribution >= 0.6 is 11.6 Å². The average Bonchev–Trinajstić information content (AvgIpc) is 3.16. The quantitative estimate of drug-likeness (QED) is 0.630. The van der Waals surface area contributed by atoms with Crippen LogP contribution in [0.3, 0.4) is 0 Å². The van der Waals surface area contributed by atoms with Crippen LogP contribution in [0.25, 0.3) is 10.9 Å². The molecule has 0 spiro atoms. The lowest BCUT2D eigenvalue weighted by molar-refractivity contribution is -0.132. The van der Waals surface area contributed by atoms with Gasteiger partial charge in [0.1, 0.15) is 0 Å². The number of fused-ring (bicyclic) bond motifs is 3. The summed E-state index contributed by atoms with van der Waals surface area (Å²) >= 11 is 6.18. The van der Waals surface area contributed by atoms with Crippen LogP contribution < -0.4 is 10.5 Å². The molecule has 2 aliphatic rings. The summed E-state index contributed by atoms with van der Waals surface area (Å²) in [6, 6.07) is 5.79. The predicted molar refractivity (Wildman–Crippen MR) is 123 cm³/mol. The first-order valence-electron chi connectivity index (χ1n) is 11.0. The molecule has 0 bridgehead atoms. The van der Waals surface area contributed by atoms with Crippen LogP contribution in [-0.4, -0.2) is 58.6 Å². The van der Waals surface area contributed by atoms with Gasteiger partial charge in [-0.05, 0) is 31.5 Å². The molecule has 2 aliphatic heterocycles. The second-order valence-electron chi connectivity index (χ2n) is 8.39. The number of benzene rings is 1. The molecule has 1 amide bonds. The lowest BCUT2D eigenvalue weighted by Crippen LogP contribution is -2.39. The Morgan fingerprint density at radius 1 is 1.22 bits per heavy atom. The fourth-order valence-electron chi connectivity index (χ4n) is 4.60. The van der Waals surface area contributed by atoms with Gasteiger partial charge in [-0.25, -0.2) is 4.98 Å². The third-order valence-electron chi connectivity index (χ3n) is 6.40. The van der Waals surface area contributed by atoms with Crippen molar-refractivity contribution in [2.45, 2.75) is 32.7 Å². The molecule has 4 heterocycles. The number of nitrogens with one attached hydrogen (secondary N) is 2. The highest BCUT2D eigenvalue weighted by atomic mass is 35.5. The van der Waals surface area contributed by atoms with Gasteiger partial charge in [-0.3, -0.25) is 14.6 Å². The zero-order valence-corrected chi connectivity index (χ0v) is 18.8. The number of aromatic amines is 2. The maximum absolute atomic E-state index is 13.0. The van der Waals surface area contributed by atoms with E-state index in [9.17, 15) is 9.59 Å². The second-order valence-corrected chi connectivity index (χ2v) is 8.83. The van der Waals surface area contributed by atoms with Crippen molar-refractivity contribution in [1.29, 1.82) is 0 Å². The van der Waals surface area contributed by atoms with Crippen molar-refractivity contribution in [3.63, 3.8) is 0 Å². The fraction of sp³-hybridized carbons (Fsp3) is 0.435. The Balaban J connectivity index is 1.28. The van der Waals surface area contributed by atoms with Gasteiger partial charge in [-0.15, -0.1) is 0 Å². The Labute approximate surface area is 190 Å². The largest absolute Gasteiger partial charge is 0.378 e. The molecule has 0 unspecified atom stereocenters. The number of halogens is 1. The molecule has 0 saturated carbocycles. The van der Waals surface area contributed by atoms with Crippen molar-refractivity contribution in [3.05, 3.63) is 56.1 Å². The average molecular weight is 456 g/mol. The van der Waals surface area contributed by atoms with Crippen LogP contribution in [0.2, 0.25) is 5.02 Å². The van der Waals surface area contributed by atoms with Gasteiger partial charge in [0, 0.05) is 77.5 Å². The topological polar surface area (TPSA) is 94.3 Å². The number of anilines is 1. The van der Waals surface area contributed by atoms with E-state index in [1.807, 2.05) is 34.9 Å². The van der Waals surface area contributed by atoms with Gasteiger partial charge < -0.3 is 19.5 Å². The molecule has 0 atom stereocenters. The van der Waals surface area contributed by atoms with Gasteiger partial charge >= 0.3 is 0 Å². The number of aryl methyl sites for hydroxylation is 1. The Kier molecular flexibility index (Phi) is 5.65. The third kappa shape index (κ3) is 4.00. The number of H-pyrrole nitrogens is 2. The number of morpholine rings is 1. The summed E-state index contributed by atoms with van der Waals surface area (Å²) in [4.78, 5) is 40.5. The number of rotatable bonds is 4. The van der Waals surface area contributed by atoms with Gasteiger partial charge in [0.05, 0.1) is 13.2 Å². The summed E-state index contributed by atoms with van der Waals surface area (Å²) in [6.07, 6.45) is 1.43. The Morgan fingerprint density at radius 3 is 2.81 bits per heavy atom. The van der Waals surface area contributed by atoms with Crippen molar-refractivity contribution in [2.24, 2.45) is 0 Å². The van der Waals surface area contributed by atoms with Crippen molar-refractivity contribution in [1.82, 2.24) is 19.9 Å². The molecule has 1 fully saturated rings. The van der Waals surface area contributed by atoms with Crippen molar-refractivity contribution in [2.75, 3.05) is 37.7 Å². The molecule has 2 aromatic heterocycles. The van der Waals surface area contributed by atoms with Gasteiger partial charge in [0.15, 0.2) is 0 Å². The summed E-state index contributed by atoms with van der Waals surface area (Å²) in [5, 5.41) is 1.76. The maximum Gasteiger partial charge on any atom is 0.255 e. The third-order valence-corrected chi connectivity index (χ3v) is 6.63. The summed E-state index contributed by atoms with van der Waals surface area (Å²) in [5.74, 6) is 0.621. The van der Waals surface area contributed by atoms with Gasteiger partial charge in [-0.1, -0.05) is 11.6 Å². The van der Waals surface area contributed by atoms with Crippen LogP contribution in [0, 0.1) is 6.92 Å². The first-order valence-corrected chi connectivity index (χ1v) is 11.4. The molecule has 9 heteroatoms. The Hall–Kier alpha value is -2.84. The molecule has 5 rings (SSSR count). The van der Waals surface area contributed by atoms with E-state index in [0.29, 0.717) is 68.0 Å². The minimum Gasteiger partial charge on any atom is -0.378 e. The van der Waals surface area contributed by atoms with Crippen molar-refractivity contribution >= 4 is 34.4 Å². The number of amides is 1. The van der Waals surface area contributed by atoms with Crippen LogP contribution in [-0.2, 0) is 28.9 Å². The lowest BCUT2D eigenvalue weighted by atomic mass is 10.0. The Morgan fingerprint density at radius 2 is 2.03 bits per heavy atom. The number of hydrogen-bond acceptors (Lipinski definition) is 5. The highest BCUT2D eigenvalue weighted by Crippen LogP contribution is 2.30. The van der Waals surface area contributed by atoms with Crippen LogP contribution in [0.5, 0.6) is 0 Å². The van der Waals surface area contributed by atoms with Gasteiger partial charge in [0.25, 0.3) is 5.56 Å². The van der Waals surface area contributed by atoms with E-state index in [2.05, 4.69) is 15.0 Å². The zero-order chi connectivity index (χ0) is 22.2. The highest BCUT2D eigenvalue weighted by Gasteiger charge is 2.24. The van der Waals surface area contributed by atoms with Crippen LogP contribution in [0.4, 0.5) is 5.95 Å². The van der Waals surface area contributed by atoms with E-state index in [0.717, 1.165) is 22.9 Å². The predicted octanol–water partition coefficient (Wildman–Crippen LogP) is 2.57. The second kappa shape index (κ2) is 8.60. The summed E-state index contributed by atoms with van der Waals surface area (Å²) in [6.45, 7) is 5.71. The van der Waals surface area contributed by atoms with E-state index in [4.69, 9.17) is 16.3 Å². The van der Waals surface area contributed by atoms with E-state index in [1.54, 1.807) is 0 Å². The summed E-state index contributed by atoms with van der Waals surface area (Å²) < 4.78 is 5.36. The smallest absolute Gasteiger partial charge is 0.255 e. The molecule has 1 aromatic carbocycles. The maximum atomic E-state index is 13.0. The van der Waals surface area contributed by atoms with Crippen molar-refractivity contribution in [3.8, 4) is 0 Å². The molecule has 3 aromatic rings. The van der Waals surface area contributed by atoms with Crippen LogP contribution in [0.1, 0.15) is 28.9 Å². The number of carbonyl (C=O) groups is 1. The summed E-state index contributed by atoms with van der Waals surface area (Å²) in [5.41, 5.74) is 4.43. The molecular weight excluding hydrogens is 430 g/mol. The number of hydrogen-bond donors (Lipinski definition) is 2. The molecule has 0 radical (unpaired) electrons. The van der Waals surface area contributed by atoms with E-state index < -0.39 is 0 Å². The summed E-state index contributed by atoms with van der Waals surface area (Å²) in [7, 11) is 0. The number of aromatic nitrogens is 3. The van der Waals surface area contributed by atoms with Gasteiger partial charge in [0.2, 0.25) is 11.9 Å². The molecule has 8 nitrogen and oxygen atoms in total. The molecule has 1 saturated heterocycles. The Bertz CT molecular complexity index is 1230. The first kappa shape index (κ1) is 21.0. The van der Waals surface area contributed by atoms with E-state index in [-0.39, 0.29) is 17.9 Å². The molecule has 0 aliphatic carbocycles. The lowest BCUT2D eigenvalue weighted by Gasteiger charge is -2.28. The molecule has 2 N–H and O–H groups in total. The molecule has 168 valence electrons. The first-order chi connectivity index (χ1) is 15.5. The van der Waals surface area contributed by atoms with E-state index in [1.165, 1.54) is 5.69 Å². The highest BCUT2D eigenvalue weighted by molar-refractivity contribution is 6.31. The van der Waals surface area contributed by atoms with Crippen molar-refractivity contribution < 1.29 is 9.53 Å². The molecular formula is C23H26ClN5O3. The van der Waals surface area contributed by atoms with E-state index >= 15 is 0 Å².